The standard InChI is InChI=1S/C27H17Cl2NO5/c1-13-5-4-6-14(11-13)22-20-21(26(34)30(25(20)33)19-10-9-15(28)12-18(19)29)27(35-22)23(31)16-7-2-3-8-17(16)24(27)32/h2-12,20-22H,1H3/t20-,21+,22-/m1/s1. The van der Waals surface area contributed by atoms with E-state index in [0.717, 1.165) is 10.5 Å². The normalized spacial score (nSPS) is 24.4. The molecule has 3 aromatic rings. The minimum absolute atomic E-state index is 0.105. The van der Waals surface area contributed by atoms with Gasteiger partial charge in [-0.2, -0.15) is 0 Å². The molecular formula is C27H17Cl2NO5. The lowest BCUT2D eigenvalue weighted by molar-refractivity contribution is -0.127. The summed E-state index contributed by atoms with van der Waals surface area (Å²) in [6.07, 6.45) is -0.977. The summed E-state index contributed by atoms with van der Waals surface area (Å²) in [5.74, 6) is -4.90. The molecule has 1 aliphatic carbocycles. The lowest BCUT2D eigenvalue weighted by atomic mass is 9.77. The van der Waals surface area contributed by atoms with Crippen LogP contribution in [0.4, 0.5) is 5.69 Å². The van der Waals surface area contributed by atoms with Gasteiger partial charge in [0.05, 0.1) is 28.6 Å². The van der Waals surface area contributed by atoms with E-state index in [2.05, 4.69) is 0 Å². The van der Waals surface area contributed by atoms with Crippen LogP contribution in [0, 0.1) is 18.8 Å². The van der Waals surface area contributed by atoms with Crippen molar-refractivity contribution in [3.05, 3.63) is 99.0 Å². The molecule has 2 saturated heterocycles. The van der Waals surface area contributed by atoms with Gasteiger partial charge in [0.25, 0.3) is 0 Å². The highest BCUT2D eigenvalue weighted by molar-refractivity contribution is 6.40. The topological polar surface area (TPSA) is 80.8 Å². The highest BCUT2D eigenvalue weighted by atomic mass is 35.5. The molecule has 2 heterocycles. The number of amides is 2. The third kappa shape index (κ3) is 2.88. The summed E-state index contributed by atoms with van der Waals surface area (Å²) < 4.78 is 6.28. The zero-order chi connectivity index (χ0) is 24.6. The van der Waals surface area contributed by atoms with E-state index in [0.29, 0.717) is 10.6 Å². The molecule has 0 unspecified atom stereocenters. The lowest BCUT2D eigenvalue weighted by Gasteiger charge is -2.27. The minimum Gasteiger partial charge on any atom is -0.349 e. The van der Waals surface area contributed by atoms with E-state index < -0.39 is 46.9 Å². The number of aryl methyl sites for hydroxylation is 1. The number of hydrogen-bond acceptors (Lipinski definition) is 5. The Balaban J connectivity index is 1.56. The van der Waals surface area contributed by atoms with Gasteiger partial charge in [0, 0.05) is 16.1 Å². The van der Waals surface area contributed by atoms with Crippen molar-refractivity contribution in [1.29, 1.82) is 0 Å². The Morgan fingerprint density at radius 3 is 2.14 bits per heavy atom. The van der Waals surface area contributed by atoms with Crippen molar-refractivity contribution in [3.8, 4) is 0 Å². The molecule has 1 spiro atoms. The smallest absolute Gasteiger partial charge is 0.241 e. The molecule has 2 aliphatic heterocycles. The van der Waals surface area contributed by atoms with Gasteiger partial charge in [0.2, 0.25) is 29.0 Å². The summed E-state index contributed by atoms with van der Waals surface area (Å²) in [5, 5.41) is 0.445. The van der Waals surface area contributed by atoms with Gasteiger partial charge < -0.3 is 4.74 Å². The van der Waals surface area contributed by atoms with Crippen LogP contribution >= 0.6 is 23.2 Å². The number of Topliss-reactive ketones (excluding diaryl/α,β-unsaturated/α-hetero) is 2. The Hall–Kier alpha value is -3.32. The molecule has 0 radical (unpaired) electrons. The fraction of sp³-hybridized carbons (Fsp3) is 0.185. The molecule has 3 aromatic carbocycles. The van der Waals surface area contributed by atoms with Gasteiger partial charge in [-0.05, 0) is 30.7 Å². The number of anilines is 1. The molecule has 3 aliphatic rings. The molecule has 0 saturated carbocycles. The Labute approximate surface area is 210 Å². The largest absolute Gasteiger partial charge is 0.349 e. The predicted molar refractivity (Wildman–Crippen MR) is 129 cm³/mol. The zero-order valence-corrected chi connectivity index (χ0v) is 19.8. The Morgan fingerprint density at radius 2 is 1.51 bits per heavy atom. The summed E-state index contributed by atoms with van der Waals surface area (Å²) in [6, 6.07) is 18.1. The average molecular weight is 506 g/mol. The Bertz CT molecular complexity index is 1450. The van der Waals surface area contributed by atoms with Crippen molar-refractivity contribution in [1.82, 2.24) is 0 Å². The summed E-state index contributed by atoms with van der Waals surface area (Å²) in [4.78, 5) is 56.2. The first-order valence-electron chi connectivity index (χ1n) is 11.0. The minimum atomic E-state index is -2.12. The van der Waals surface area contributed by atoms with Crippen LogP contribution in [0.3, 0.4) is 0 Å². The van der Waals surface area contributed by atoms with Gasteiger partial charge >= 0.3 is 0 Å². The molecule has 0 aromatic heterocycles. The first-order chi connectivity index (χ1) is 16.8. The van der Waals surface area contributed by atoms with Crippen LogP contribution in [-0.2, 0) is 14.3 Å². The van der Waals surface area contributed by atoms with Crippen LogP contribution < -0.4 is 4.90 Å². The van der Waals surface area contributed by atoms with E-state index in [9.17, 15) is 19.2 Å². The quantitative estimate of drug-likeness (QED) is 0.361. The molecule has 0 N–H and O–H groups in total. The van der Waals surface area contributed by atoms with Crippen LogP contribution in [0.5, 0.6) is 0 Å². The predicted octanol–water partition coefficient (Wildman–Crippen LogP) is 5.00. The molecule has 6 rings (SSSR count). The van der Waals surface area contributed by atoms with Gasteiger partial charge in [-0.25, -0.2) is 4.90 Å². The first kappa shape index (κ1) is 22.2. The monoisotopic (exact) mass is 505 g/mol. The zero-order valence-electron chi connectivity index (χ0n) is 18.3. The van der Waals surface area contributed by atoms with Crippen molar-refractivity contribution in [2.75, 3.05) is 4.90 Å². The molecular weight excluding hydrogens is 489 g/mol. The molecule has 8 heteroatoms. The summed E-state index contributed by atoms with van der Waals surface area (Å²) in [6.45, 7) is 1.88. The van der Waals surface area contributed by atoms with Crippen LogP contribution in [0.2, 0.25) is 10.0 Å². The molecule has 0 bridgehead atoms. The van der Waals surface area contributed by atoms with Gasteiger partial charge in [-0.1, -0.05) is 77.3 Å². The summed E-state index contributed by atoms with van der Waals surface area (Å²) >= 11 is 12.4. The molecule has 2 fully saturated rings. The van der Waals surface area contributed by atoms with Gasteiger partial charge in [0.15, 0.2) is 0 Å². The third-order valence-electron chi connectivity index (χ3n) is 7.04. The second-order valence-corrected chi connectivity index (χ2v) is 9.85. The van der Waals surface area contributed by atoms with Crippen molar-refractivity contribution in [2.45, 2.75) is 18.6 Å². The van der Waals surface area contributed by atoms with E-state index in [1.165, 1.54) is 30.3 Å². The number of carbonyl (C=O) groups is 4. The number of carbonyl (C=O) groups excluding carboxylic acids is 4. The van der Waals surface area contributed by atoms with E-state index in [-0.39, 0.29) is 21.8 Å². The fourth-order valence-electron chi connectivity index (χ4n) is 5.57. The van der Waals surface area contributed by atoms with Crippen molar-refractivity contribution in [2.24, 2.45) is 11.8 Å². The summed E-state index contributed by atoms with van der Waals surface area (Å²) in [5.41, 5.74) is -0.0879. The number of rotatable bonds is 2. The average Bonchev–Trinajstić information content (AvgIpc) is 3.40. The number of benzene rings is 3. The SMILES string of the molecule is Cc1cccc([C@H]2OC3(C(=O)c4ccccc4C3=O)[C@@H]3C(=O)N(c4ccc(Cl)cc4Cl)C(=O)[C@@H]23)c1. The van der Waals surface area contributed by atoms with Crippen molar-refractivity contribution < 1.29 is 23.9 Å². The van der Waals surface area contributed by atoms with Gasteiger partial charge in [-0.3, -0.25) is 19.2 Å². The number of fused-ring (bicyclic) bond motifs is 3. The number of hydrogen-bond donors (Lipinski definition) is 0. The maximum atomic E-state index is 13.9. The van der Waals surface area contributed by atoms with Gasteiger partial charge in [0.1, 0.15) is 0 Å². The van der Waals surface area contributed by atoms with Crippen LogP contribution in [0.25, 0.3) is 0 Å². The molecule has 3 atom stereocenters. The highest BCUT2D eigenvalue weighted by Gasteiger charge is 2.74. The third-order valence-corrected chi connectivity index (χ3v) is 7.58. The second-order valence-electron chi connectivity index (χ2n) is 9.00. The number of halogens is 2. The van der Waals surface area contributed by atoms with E-state index in [1.54, 1.807) is 24.3 Å². The summed E-state index contributed by atoms with van der Waals surface area (Å²) in [7, 11) is 0. The molecule has 6 nitrogen and oxygen atoms in total. The first-order valence-corrected chi connectivity index (χ1v) is 11.8. The molecule has 35 heavy (non-hydrogen) atoms. The van der Waals surface area contributed by atoms with E-state index >= 15 is 0 Å². The molecule has 174 valence electrons. The maximum absolute atomic E-state index is 13.9. The Kier molecular flexibility index (Phi) is 4.81. The van der Waals surface area contributed by atoms with Crippen molar-refractivity contribution in [3.63, 3.8) is 0 Å². The van der Waals surface area contributed by atoms with Gasteiger partial charge in [-0.15, -0.1) is 0 Å². The Morgan fingerprint density at radius 1 is 0.829 bits per heavy atom. The molecule has 2 amide bonds. The maximum Gasteiger partial charge on any atom is 0.241 e. The van der Waals surface area contributed by atoms with Crippen LogP contribution in [-0.4, -0.2) is 29.0 Å². The van der Waals surface area contributed by atoms with Crippen molar-refractivity contribution >= 4 is 52.3 Å². The fourth-order valence-corrected chi connectivity index (χ4v) is 6.06. The van der Waals surface area contributed by atoms with E-state index in [4.69, 9.17) is 27.9 Å². The number of nitrogens with zero attached hydrogens (tertiary/aromatic N) is 1. The van der Waals surface area contributed by atoms with E-state index in [1.807, 2.05) is 19.1 Å². The number of ketones is 2. The highest BCUT2D eigenvalue weighted by Crippen LogP contribution is 2.58. The number of ether oxygens (including phenoxy) is 1. The number of imide groups is 1. The second kappa shape index (κ2) is 7.59. The van der Waals surface area contributed by atoms with Crippen LogP contribution in [0.1, 0.15) is 37.9 Å². The lowest BCUT2D eigenvalue weighted by Crippen LogP contribution is -2.51. The van der Waals surface area contributed by atoms with Crippen LogP contribution in [0.15, 0.2) is 66.7 Å².